The van der Waals surface area contributed by atoms with Gasteiger partial charge in [0, 0.05) is 25.7 Å². The third kappa shape index (κ3) is 66.5. The molecule has 540 valence electrons. The van der Waals surface area contributed by atoms with Crippen molar-refractivity contribution in [3.8, 4) is 0 Å². The molecule has 0 aromatic carbocycles. The number of carbonyl (C=O) groups is 4. The molecule has 0 spiro atoms. The van der Waals surface area contributed by atoms with E-state index >= 15 is 0 Å². The first-order valence-corrected chi connectivity index (χ1v) is 40.6. The van der Waals surface area contributed by atoms with E-state index in [9.17, 15) is 43.2 Å². The molecule has 0 saturated heterocycles. The molecule has 5 atom stereocenters. The lowest BCUT2D eigenvalue weighted by atomic mass is 10.0. The van der Waals surface area contributed by atoms with Crippen LogP contribution in [0.15, 0.2) is 0 Å². The molecule has 0 aromatic heterocycles. The highest BCUT2D eigenvalue weighted by atomic mass is 31.2. The van der Waals surface area contributed by atoms with Crippen LogP contribution in [0.25, 0.3) is 0 Å². The molecule has 17 nitrogen and oxygen atoms in total. The fourth-order valence-corrected chi connectivity index (χ4v) is 12.6. The Morgan fingerprint density at radius 2 is 0.505 bits per heavy atom. The van der Waals surface area contributed by atoms with Gasteiger partial charge in [0.2, 0.25) is 0 Å². The van der Waals surface area contributed by atoms with Crippen molar-refractivity contribution in [1.82, 2.24) is 0 Å². The lowest BCUT2D eigenvalue weighted by Crippen LogP contribution is -2.30. The Morgan fingerprint density at radius 1 is 0.297 bits per heavy atom. The maximum atomic E-state index is 13.0. The number of rotatable bonds is 72. The Kier molecular flexibility index (Phi) is 64.0. The maximum absolute atomic E-state index is 13.0. The van der Waals surface area contributed by atoms with Gasteiger partial charge >= 0.3 is 39.5 Å². The number of carbonyl (C=O) groups excluding carboxylic acids is 4. The van der Waals surface area contributed by atoms with E-state index in [0.29, 0.717) is 25.7 Å². The largest absolute Gasteiger partial charge is 0.472 e. The average Bonchev–Trinajstić information content (AvgIpc) is 3.73. The van der Waals surface area contributed by atoms with Gasteiger partial charge < -0.3 is 33.8 Å². The zero-order chi connectivity index (χ0) is 67.0. The van der Waals surface area contributed by atoms with Crippen LogP contribution >= 0.6 is 15.6 Å². The van der Waals surface area contributed by atoms with Crippen LogP contribution in [0, 0.1) is 5.92 Å². The lowest BCUT2D eigenvalue weighted by Gasteiger charge is -2.21. The zero-order valence-electron chi connectivity index (χ0n) is 59.0. The number of hydrogen-bond donors (Lipinski definition) is 3. The number of phosphoric ester groups is 2. The van der Waals surface area contributed by atoms with Gasteiger partial charge in [0.15, 0.2) is 12.2 Å². The number of aliphatic hydroxyl groups excluding tert-OH is 1. The lowest BCUT2D eigenvalue weighted by molar-refractivity contribution is -0.161. The van der Waals surface area contributed by atoms with Crippen LogP contribution in [-0.2, 0) is 65.4 Å². The van der Waals surface area contributed by atoms with Gasteiger partial charge in [0.25, 0.3) is 0 Å². The van der Waals surface area contributed by atoms with E-state index in [0.717, 1.165) is 95.8 Å². The average molecular weight is 1340 g/mol. The summed E-state index contributed by atoms with van der Waals surface area (Å²) in [6.45, 7) is 7.25. The Balaban J connectivity index is 5.25. The predicted octanol–water partition coefficient (Wildman–Crippen LogP) is 20.9. The standard InChI is InChI=1S/C72H140O17P2/c1-6-9-12-15-18-21-24-27-28-29-32-37-43-48-53-58-72(77)89-68(62-83-70(75)56-51-46-41-38-33-34-39-44-49-54-65(4)5)64-87-91(80,81)85-60-66(73)59-84-90(78,79)86-63-67(88-71(76)57-52-47-42-36-31-26-23-20-17-14-11-8-3)61-82-69(74)55-50-45-40-35-30-25-22-19-16-13-10-7-2/h65-68,73H,6-64H2,1-5H3,(H,78,79)(H,80,81)/t66-,67+,68+/m0/s1. The molecule has 0 amide bonds. The van der Waals surface area contributed by atoms with Crippen molar-refractivity contribution in [2.45, 2.75) is 393 Å². The van der Waals surface area contributed by atoms with Crippen LogP contribution in [0.1, 0.15) is 375 Å². The van der Waals surface area contributed by atoms with Crippen LogP contribution in [-0.4, -0.2) is 96.7 Å². The topological polar surface area (TPSA) is 237 Å². The molecule has 0 rings (SSSR count). The molecule has 0 aliphatic rings. The summed E-state index contributed by atoms with van der Waals surface area (Å²) in [6.07, 6.45) is 52.5. The molecule has 0 saturated carbocycles. The van der Waals surface area contributed by atoms with E-state index in [2.05, 4.69) is 34.6 Å². The van der Waals surface area contributed by atoms with E-state index in [1.54, 1.807) is 0 Å². The van der Waals surface area contributed by atoms with Crippen molar-refractivity contribution < 1.29 is 80.2 Å². The first-order valence-electron chi connectivity index (χ1n) is 37.6. The maximum Gasteiger partial charge on any atom is 0.472 e. The predicted molar refractivity (Wildman–Crippen MR) is 368 cm³/mol. The van der Waals surface area contributed by atoms with Gasteiger partial charge in [-0.15, -0.1) is 0 Å². The molecule has 0 bridgehead atoms. The smallest absolute Gasteiger partial charge is 0.462 e. The Bertz CT molecular complexity index is 1750. The first-order chi connectivity index (χ1) is 44.0. The van der Waals surface area contributed by atoms with Gasteiger partial charge in [-0.05, 0) is 31.6 Å². The van der Waals surface area contributed by atoms with Gasteiger partial charge in [0.1, 0.15) is 19.3 Å². The van der Waals surface area contributed by atoms with Gasteiger partial charge in [-0.3, -0.25) is 37.3 Å². The van der Waals surface area contributed by atoms with Crippen molar-refractivity contribution in [3.63, 3.8) is 0 Å². The summed E-state index contributed by atoms with van der Waals surface area (Å²) < 4.78 is 68.4. The van der Waals surface area contributed by atoms with E-state index in [1.165, 1.54) is 199 Å². The quantitative estimate of drug-likeness (QED) is 0.0222. The Hall–Kier alpha value is -1.94. The third-order valence-electron chi connectivity index (χ3n) is 16.8. The monoisotopic (exact) mass is 1340 g/mol. The molecule has 19 heteroatoms. The van der Waals surface area contributed by atoms with Gasteiger partial charge in [-0.25, -0.2) is 9.13 Å². The molecule has 2 unspecified atom stereocenters. The Morgan fingerprint density at radius 3 is 0.747 bits per heavy atom. The number of ether oxygens (including phenoxy) is 4. The highest BCUT2D eigenvalue weighted by Gasteiger charge is 2.30. The second kappa shape index (κ2) is 65.4. The van der Waals surface area contributed by atoms with Crippen LogP contribution in [0.4, 0.5) is 0 Å². The first kappa shape index (κ1) is 89.1. The fourth-order valence-electron chi connectivity index (χ4n) is 11.0. The van der Waals surface area contributed by atoms with E-state index in [4.69, 9.17) is 37.0 Å². The van der Waals surface area contributed by atoms with E-state index in [1.807, 2.05) is 0 Å². The summed E-state index contributed by atoms with van der Waals surface area (Å²) in [6, 6.07) is 0. The van der Waals surface area contributed by atoms with Crippen LogP contribution in [0.5, 0.6) is 0 Å². The molecule has 0 fully saturated rings. The van der Waals surface area contributed by atoms with Crippen molar-refractivity contribution >= 4 is 39.5 Å². The SMILES string of the molecule is CCCCCCCCCCCCCCCCCC(=O)O[C@H](COC(=O)CCCCCCCCCCCC(C)C)COP(=O)(O)OC[C@@H](O)COP(=O)(O)OC[C@@H](COC(=O)CCCCCCCCCCCCCC)OC(=O)CCCCCCCCCCCCCC. The number of esters is 4. The van der Waals surface area contributed by atoms with Crippen molar-refractivity contribution in [1.29, 1.82) is 0 Å². The summed E-state index contributed by atoms with van der Waals surface area (Å²) in [5.74, 6) is -1.37. The summed E-state index contributed by atoms with van der Waals surface area (Å²) in [5, 5.41) is 10.6. The summed E-state index contributed by atoms with van der Waals surface area (Å²) in [4.78, 5) is 72.6. The molecule has 0 aliphatic heterocycles. The van der Waals surface area contributed by atoms with Gasteiger partial charge in [-0.1, -0.05) is 324 Å². The number of hydrogen-bond acceptors (Lipinski definition) is 15. The molecule has 0 radical (unpaired) electrons. The molecule has 0 aliphatic carbocycles. The second-order valence-corrected chi connectivity index (χ2v) is 29.4. The molecule has 0 heterocycles. The van der Waals surface area contributed by atoms with Crippen molar-refractivity contribution in [2.24, 2.45) is 5.92 Å². The fraction of sp³-hybridized carbons (Fsp3) is 0.944. The third-order valence-corrected chi connectivity index (χ3v) is 18.7. The molecule has 3 N–H and O–H groups in total. The summed E-state index contributed by atoms with van der Waals surface area (Å²) in [7, 11) is -9.90. The normalized spacial score (nSPS) is 14.0. The van der Waals surface area contributed by atoms with Crippen LogP contribution in [0.2, 0.25) is 0 Å². The minimum atomic E-state index is -4.95. The minimum absolute atomic E-state index is 0.108. The molecule has 91 heavy (non-hydrogen) atoms. The highest BCUT2D eigenvalue weighted by molar-refractivity contribution is 7.47. The van der Waals surface area contributed by atoms with Crippen molar-refractivity contribution in [2.75, 3.05) is 39.6 Å². The number of phosphoric acid groups is 2. The van der Waals surface area contributed by atoms with Crippen LogP contribution in [0.3, 0.4) is 0 Å². The molecular formula is C72H140O17P2. The van der Waals surface area contributed by atoms with Crippen molar-refractivity contribution in [3.05, 3.63) is 0 Å². The molecule has 0 aromatic rings. The second-order valence-electron chi connectivity index (χ2n) is 26.5. The zero-order valence-corrected chi connectivity index (χ0v) is 60.8. The summed E-state index contributed by atoms with van der Waals surface area (Å²) >= 11 is 0. The Labute approximate surface area is 556 Å². The summed E-state index contributed by atoms with van der Waals surface area (Å²) in [5.41, 5.74) is 0. The highest BCUT2D eigenvalue weighted by Crippen LogP contribution is 2.45. The van der Waals surface area contributed by atoms with E-state index in [-0.39, 0.29) is 25.7 Å². The minimum Gasteiger partial charge on any atom is -0.462 e. The molecular weight excluding hydrogens is 1200 g/mol. The van der Waals surface area contributed by atoms with E-state index < -0.39 is 97.5 Å². The van der Waals surface area contributed by atoms with Crippen LogP contribution < -0.4 is 0 Å². The van der Waals surface area contributed by atoms with Gasteiger partial charge in [0.05, 0.1) is 26.4 Å². The number of aliphatic hydroxyl groups is 1. The number of unbranched alkanes of at least 4 members (excludes halogenated alkanes) is 44. The van der Waals surface area contributed by atoms with Gasteiger partial charge in [-0.2, -0.15) is 0 Å².